The highest BCUT2D eigenvalue weighted by molar-refractivity contribution is 9.09. The van der Waals surface area contributed by atoms with Crippen LogP contribution in [0.15, 0.2) is 11.0 Å². The van der Waals surface area contributed by atoms with Gasteiger partial charge in [0.25, 0.3) is 0 Å². The van der Waals surface area contributed by atoms with Crippen molar-refractivity contribution in [1.82, 2.24) is 4.98 Å². The van der Waals surface area contributed by atoms with Crippen LogP contribution in [-0.2, 0) is 0 Å². The largest absolute Gasteiger partial charge is 0.242 e. The molecule has 0 atom stereocenters. The summed E-state index contributed by atoms with van der Waals surface area (Å²) in [4.78, 5) is 4.32. The number of aromatic nitrogens is 1. The Kier molecular flexibility index (Phi) is 3.27. The maximum atomic E-state index is 4.32. The number of nitrogens with zero attached hydrogens (tertiary/aromatic N) is 1. The first-order valence-electron chi connectivity index (χ1n) is 3.37. The molecule has 0 radical (unpaired) electrons. The number of rotatable bonds is 2. The van der Waals surface area contributed by atoms with Crippen LogP contribution < -0.4 is 0 Å². The molecule has 1 aromatic rings. The van der Waals surface area contributed by atoms with Crippen molar-refractivity contribution in [2.45, 2.75) is 13.8 Å². The molecule has 60 valence electrons. The highest BCUT2D eigenvalue weighted by Gasteiger charge is 1.93. The Labute approximate surface area is 79.3 Å². The molecular formula is C8H10BrNS. The molecule has 0 unspecified atom stereocenters. The Morgan fingerprint density at radius 2 is 2.55 bits per heavy atom. The number of alkyl halides is 1. The molecule has 0 saturated heterocycles. The van der Waals surface area contributed by atoms with Gasteiger partial charge >= 0.3 is 0 Å². The van der Waals surface area contributed by atoms with E-state index in [9.17, 15) is 0 Å². The van der Waals surface area contributed by atoms with Crippen molar-refractivity contribution in [3.05, 3.63) is 21.7 Å². The van der Waals surface area contributed by atoms with Gasteiger partial charge in [0, 0.05) is 10.7 Å². The summed E-state index contributed by atoms with van der Waals surface area (Å²) in [5, 5.41) is 4.11. The second-order valence-electron chi connectivity index (χ2n) is 2.42. The van der Waals surface area contributed by atoms with Crippen molar-refractivity contribution < 1.29 is 0 Å². The van der Waals surface area contributed by atoms with Crippen LogP contribution in [0.25, 0.3) is 6.08 Å². The molecule has 1 heterocycles. The number of hydrogen-bond acceptors (Lipinski definition) is 2. The van der Waals surface area contributed by atoms with E-state index in [1.54, 1.807) is 11.3 Å². The molecular weight excluding hydrogens is 222 g/mol. The van der Waals surface area contributed by atoms with E-state index in [1.807, 2.05) is 6.92 Å². The fraction of sp³-hybridized carbons (Fsp3) is 0.375. The van der Waals surface area contributed by atoms with Gasteiger partial charge in [-0.05, 0) is 19.9 Å². The molecule has 0 bridgehead atoms. The van der Waals surface area contributed by atoms with Crippen LogP contribution in [0.2, 0.25) is 0 Å². The zero-order valence-corrected chi connectivity index (χ0v) is 9.00. The van der Waals surface area contributed by atoms with E-state index in [4.69, 9.17) is 0 Å². The van der Waals surface area contributed by atoms with Gasteiger partial charge in [0.1, 0.15) is 0 Å². The van der Waals surface area contributed by atoms with E-state index in [0.717, 1.165) is 16.0 Å². The Balaban J connectivity index is 2.78. The first-order valence-corrected chi connectivity index (χ1v) is 5.38. The molecule has 0 aliphatic rings. The van der Waals surface area contributed by atoms with Gasteiger partial charge < -0.3 is 0 Å². The Bertz CT molecular complexity index is 265. The molecule has 0 N–H and O–H groups in total. The number of aryl methyl sites for hydroxylation is 1. The summed E-state index contributed by atoms with van der Waals surface area (Å²) in [6.45, 7) is 4.11. The first-order chi connectivity index (χ1) is 5.22. The maximum Gasteiger partial charge on any atom is 0.0901 e. The maximum absolute atomic E-state index is 4.32. The van der Waals surface area contributed by atoms with Crippen LogP contribution in [-0.4, -0.2) is 10.3 Å². The van der Waals surface area contributed by atoms with Crippen LogP contribution in [0.1, 0.15) is 17.6 Å². The lowest BCUT2D eigenvalue weighted by Gasteiger charge is -1.89. The van der Waals surface area contributed by atoms with Crippen molar-refractivity contribution in [3.63, 3.8) is 0 Å². The zero-order valence-electron chi connectivity index (χ0n) is 6.60. The molecule has 0 saturated carbocycles. The first kappa shape index (κ1) is 8.94. The van der Waals surface area contributed by atoms with E-state index in [0.29, 0.717) is 0 Å². The highest BCUT2D eigenvalue weighted by atomic mass is 79.9. The van der Waals surface area contributed by atoms with Crippen LogP contribution >= 0.6 is 27.3 Å². The second-order valence-corrected chi connectivity index (χ2v) is 4.04. The lowest BCUT2D eigenvalue weighted by atomic mass is 10.3. The molecule has 0 fully saturated rings. The monoisotopic (exact) mass is 231 g/mol. The summed E-state index contributed by atoms with van der Waals surface area (Å²) in [5.74, 6) is 0. The predicted molar refractivity (Wildman–Crippen MR) is 54.3 cm³/mol. The van der Waals surface area contributed by atoms with Crippen molar-refractivity contribution >= 4 is 33.3 Å². The van der Waals surface area contributed by atoms with Gasteiger partial charge in [0.15, 0.2) is 0 Å². The molecule has 0 aliphatic heterocycles. The summed E-state index contributed by atoms with van der Waals surface area (Å²) in [6.07, 6.45) is 2.10. The van der Waals surface area contributed by atoms with E-state index >= 15 is 0 Å². The molecule has 1 nitrogen and oxygen atoms in total. The topological polar surface area (TPSA) is 12.9 Å². The van der Waals surface area contributed by atoms with Crippen LogP contribution in [0.3, 0.4) is 0 Å². The molecule has 1 aromatic heterocycles. The minimum Gasteiger partial charge on any atom is -0.242 e. The molecule has 0 spiro atoms. The highest BCUT2D eigenvalue weighted by Crippen LogP contribution is 2.12. The summed E-state index contributed by atoms with van der Waals surface area (Å²) >= 11 is 5.07. The van der Waals surface area contributed by atoms with Crippen LogP contribution in [0.5, 0.6) is 0 Å². The predicted octanol–water partition coefficient (Wildman–Crippen LogP) is 3.25. The third-order valence-electron chi connectivity index (χ3n) is 1.24. The quantitative estimate of drug-likeness (QED) is 0.713. The van der Waals surface area contributed by atoms with E-state index in [2.05, 4.69) is 39.3 Å². The average Bonchev–Trinajstić information content (AvgIpc) is 2.35. The standard InChI is InChI=1S/C8H10BrNS/c1-6(4-9)3-8-5-11-7(2)10-8/h3,5H,4H2,1-2H3. The lowest BCUT2D eigenvalue weighted by molar-refractivity contribution is 1.27. The minimum absolute atomic E-state index is 0.920. The normalized spacial score (nSPS) is 12.1. The third-order valence-corrected chi connectivity index (χ3v) is 2.92. The summed E-state index contributed by atoms with van der Waals surface area (Å²) in [5.41, 5.74) is 2.37. The van der Waals surface area contributed by atoms with Gasteiger partial charge in [-0.1, -0.05) is 21.5 Å². The zero-order chi connectivity index (χ0) is 8.27. The molecule has 0 aliphatic carbocycles. The summed E-state index contributed by atoms with van der Waals surface area (Å²) in [6, 6.07) is 0. The van der Waals surface area contributed by atoms with Crippen molar-refractivity contribution in [1.29, 1.82) is 0 Å². The minimum atomic E-state index is 0.920. The average molecular weight is 232 g/mol. The molecule has 3 heteroatoms. The number of allylic oxidation sites excluding steroid dienone is 1. The third kappa shape index (κ3) is 2.75. The van der Waals surface area contributed by atoms with E-state index in [1.165, 1.54) is 5.57 Å². The molecule has 0 amide bonds. The van der Waals surface area contributed by atoms with Gasteiger partial charge in [-0.2, -0.15) is 0 Å². The van der Waals surface area contributed by atoms with Gasteiger partial charge in [0.05, 0.1) is 10.7 Å². The Morgan fingerprint density at radius 1 is 1.82 bits per heavy atom. The van der Waals surface area contributed by atoms with Gasteiger partial charge in [-0.25, -0.2) is 4.98 Å². The smallest absolute Gasteiger partial charge is 0.0901 e. The summed E-state index contributed by atoms with van der Waals surface area (Å²) < 4.78 is 0. The SMILES string of the molecule is CC(=Cc1csc(C)n1)CBr. The fourth-order valence-electron chi connectivity index (χ4n) is 0.737. The number of halogens is 1. The van der Waals surface area contributed by atoms with Crippen LogP contribution in [0.4, 0.5) is 0 Å². The van der Waals surface area contributed by atoms with Crippen molar-refractivity contribution in [2.24, 2.45) is 0 Å². The van der Waals surface area contributed by atoms with E-state index in [-0.39, 0.29) is 0 Å². The number of hydrogen-bond donors (Lipinski definition) is 0. The molecule has 0 aromatic carbocycles. The van der Waals surface area contributed by atoms with Gasteiger partial charge in [-0.15, -0.1) is 11.3 Å². The Hall–Kier alpha value is -0.150. The lowest BCUT2D eigenvalue weighted by Crippen LogP contribution is -1.77. The van der Waals surface area contributed by atoms with Gasteiger partial charge in [0.2, 0.25) is 0 Å². The van der Waals surface area contributed by atoms with E-state index < -0.39 is 0 Å². The Morgan fingerprint density at radius 3 is 3.00 bits per heavy atom. The van der Waals surface area contributed by atoms with Crippen molar-refractivity contribution in [2.75, 3.05) is 5.33 Å². The van der Waals surface area contributed by atoms with Crippen LogP contribution in [0, 0.1) is 6.92 Å². The molecule has 1 rings (SSSR count). The molecule has 11 heavy (non-hydrogen) atoms. The second kappa shape index (κ2) is 4.02. The summed E-state index contributed by atoms with van der Waals surface area (Å²) in [7, 11) is 0. The number of thiazole rings is 1. The van der Waals surface area contributed by atoms with Gasteiger partial charge in [-0.3, -0.25) is 0 Å². The fourth-order valence-corrected chi connectivity index (χ4v) is 1.47. The van der Waals surface area contributed by atoms with Crippen molar-refractivity contribution in [3.8, 4) is 0 Å².